The summed E-state index contributed by atoms with van der Waals surface area (Å²) in [6.45, 7) is 4.91. The van der Waals surface area contributed by atoms with Gasteiger partial charge in [0.1, 0.15) is 5.82 Å². The van der Waals surface area contributed by atoms with Gasteiger partial charge in [-0.1, -0.05) is 11.2 Å². The van der Waals surface area contributed by atoms with Gasteiger partial charge in [-0.25, -0.2) is 9.78 Å². The van der Waals surface area contributed by atoms with Crippen LogP contribution in [0, 0.1) is 0 Å². The first-order chi connectivity index (χ1) is 16.0. The second-order valence-corrected chi connectivity index (χ2v) is 8.63. The summed E-state index contributed by atoms with van der Waals surface area (Å²) in [6.07, 6.45) is 7.12. The highest BCUT2D eigenvalue weighted by Crippen LogP contribution is 2.30. The molecule has 0 spiro atoms. The molecule has 0 radical (unpaired) electrons. The number of nitrogens with zero attached hydrogens (tertiary/aromatic N) is 6. The van der Waals surface area contributed by atoms with Crippen LogP contribution in [0.5, 0.6) is 0 Å². The summed E-state index contributed by atoms with van der Waals surface area (Å²) >= 11 is 3.53. The fourth-order valence-electron chi connectivity index (χ4n) is 3.92. The van der Waals surface area contributed by atoms with Gasteiger partial charge < -0.3 is 15.1 Å². The van der Waals surface area contributed by atoms with Crippen molar-refractivity contribution in [1.29, 1.82) is 0 Å². The number of piperidine rings is 1. The number of nitrogens with one attached hydrogen (secondary N) is 1. The van der Waals surface area contributed by atoms with Gasteiger partial charge in [-0.3, -0.25) is 9.78 Å². The van der Waals surface area contributed by atoms with E-state index in [-0.39, 0.29) is 24.7 Å². The van der Waals surface area contributed by atoms with E-state index < -0.39 is 5.97 Å². The molecule has 1 unspecified atom stereocenters. The maximum Gasteiger partial charge on any atom is 0.335 e. The smallest absolute Gasteiger partial charge is 0.335 e. The number of pyridine rings is 1. The molecule has 10 nitrogen and oxygen atoms in total. The lowest BCUT2D eigenvalue weighted by atomic mass is 9.94. The van der Waals surface area contributed by atoms with Crippen molar-refractivity contribution in [3.8, 4) is 0 Å². The summed E-state index contributed by atoms with van der Waals surface area (Å²) in [6, 6.07) is 5.90. The Bertz CT molecular complexity index is 1150. The number of halogens is 1. The summed E-state index contributed by atoms with van der Waals surface area (Å²) in [4.78, 5) is 39.4. The maximum absolute atomic E-state index is 12.6. The molecule has 3 aromatic rings. The second-order valence-electron chi connectivity index (χ2n) is 7.78. The molecule has 11 heteroatoms. The van der Waals surface area contributed by atoms with E-state index in [1.807, 2.05) is 24.4 Å². The van der Waals surface area contributed by atoms with Gasteiger partial charge in [0.2, 0.25) is 5.91 Å². The van der Waals surface area contributed by atoms with Crippen LogP contribution in [0.3, 0.4) is 0 Å². The molecule has 0 aliphatic carbocycles. The summed E-state index contributed by atoms with van der Waals surface area (Å²) < 4.78 is 2.56. The lowest BCUT2D eigenvalue weighted by Crippen LogP contribution is -2.39. The van der Waals surface area contributed by atoms with Gasteiger partial charge in [0, 0.05) is 57.2 Å². The van der Waals surface area contributed by atoms with Gasteiger partial charge in [0.15, 0.2) is 5.65 Å². The third-order valence-corrected chi connectivity index (χ3v) is 6.11. The Morgan fingerprint density at radius 3 is 3.00 bits per heavy atom. The van der Waals surface area contributed by atoms with E-state index in [0.717, 1.165) is 34.4 Å². The van der Waals surface area contributed by atoms with Crippen LogP contribution in [0.25, 0.3) is 5.65 Å². The zero-order chi connectivity index (χ0) is 23.2. The summed E-state index contributed by atoms with van der Waals surface area (Å²) in [5.41, 5.74) is 2.66. The summed E-state index contributed by atoms with van der Waals surface area (Å²) in [7, 11) is 0. The molecule has 0 aromatic carbocycles. The molecule has 33 heavy (non-hydrogen) atoms. The number of carbonyl (C=O) groups excluding carboxylic acids is 2. The minimum atomic E-state index is -0.561. The number of anilines is 1. The van der Waals surface area contributed by atoms with E-state index in [4.69, 9.17) is 4.98 Å². The standard InChI is InChI=1S/C22H24BrN7O3/c1-24-33-21(32)7-6-20(31)29-9-3-5-16(14-29)18-10-19(26-12-15-4-2-8-25-11-15)30-22(28-18)17(23)13-27-30/h2,4,8,10-11,13,16,26H,1,3,5-7,9,12,14H2. The average Bonchev–Trinajstić information content (AvgIpc) is 3.22. The fraction of sp³-hybridized carbons (Fsp3) is 0.364. The SMILES string of the molecule is C=NOC(=O)CCC(=O)N1CCCC(c2cc(NCc3cccnc3)n3ncc(Br)c3n2)C1. The number of carbonyl (C=O) groups is 2. The third kappa shape index (κ3) is 5.54. The van der Waals surface area contributed by atoms with Crippen LogP contribution >= 0.6 is 15.9 Å². The van der Waals surface area contributed by atoms with Gasteiger partial charge in [-0.15, -0.1) is 0 Å². The van der Waals surface area contributed by atoms with Gasteiger partial charge in [0.05, 0.1) is 22.8 Å². The molecule has 1 fully saturated rings. The molecule has 1 saturated heterocycles. The predicted octanol–water partition coefficient (Wildman–Crippen LogP) is 3.14. The summed E-state index contributed by atoms with van der Waals surface area (Å²) in [5.74, 6) is 0.249. The Morgan fingerprint density at radius 1 is 1.33 bits per heavy atom. The number of oxime groups is 1. The molecule has 1 atom stereocenters. The van der Waals surface area contributed by atoms with Crippen LogP contribution in [0.4, 0.5) is 5.82 Å². The zero-order valence-corrected chi connectivity index (χ0v) is 19.6. The number of likely N-dealkylation sites (tertiary alicyclic amines) is 1. The highest BCUT2D eigenvalue weighted by Gasteiger charge is 2.27. The molecular weight excluding hydrogens is 490 g/mol. The van der Waals surface area contributed by atoms with Gasteiger partial charge in [-0.05, 0) is 40.4 Å². The van der Waals surface area contributed by atoms with Gasteiger partial charge in [-0.2, -0.15) is 9.61 Å². The number of aromatic nitrogens is 4. The molecule has 1 N–H and O–H groups in total. The van der Waals surface area contributed by atoms with Crippen LogP contribution < -0.4 is 5.32 Å². The van der Waals surface area contributed by atoms with E-state index in [1.165, 1.54) is 0 Å². The molecule has 1 amide bonds. The Labute approximate surface area is 199 Å². The van der Waals surface area contributed by atoms with Crippen LogP contribution in [0.2, 0.25) is 0 Å². The minimum Gasteiger partial charge on any atom is -0.366 e. The van der Waals surface area contributed by atoms with Crippen molar-refractivity contribution < 1.29 is 14.4 Å². The Morgan fingerprint density at radius 2 is 2.21 bits per heavy atom. The molecule has 4 rings (SSSR count). The highest BCUT2D eigenvalue weighted by molar-refractivity contribution is 9.10. The van der Waals surface area contributed by atoms with Crippen molar-refractivity contribution in [2.24, 2.45) is 5.16 Å². The first kappa shape index (κ1) is 22.8. The zero-order valence-electron chi connectivity index (χ0n) is 18.0. The molecule has 1 aliphatic rings. The topological polar surface area (TPSA) is 114 Å². The minimum absolute atomic E-state index is 0.0194. The molecule has 0 saturated carbocycles. The Hall–Kier alpha value is -3.34. The maximum atomic E-state index is 12.6. The molecule has 1 aliphatic heterocycles. The van der Waals surface area contributed by atoms with Crippen molar-refractivity contribution in [3.05, 3.63) is 52.5 Å². The third-order valence-electron chi connectivity index (χ3n) is 5.55. The van der Waals surface area contributed by atoms with E-state index in [9.17, 15) is 9.59 Å². The van der Waals surface area contributed by atoms with Crippen molar-refractivity contribution >= 4 is 46.0 Å². The predicted molar refractivity (Wildman–Crippen MR) is 126 cm³/mol. The lowest BCUT2D eigenvalue weighted by Gasteiger charge is -2.32. The van der Waals surface area contributed by atoms with E-state index in [1.54, 1.807) is 21.8 Å². The number of amides is 1. The molecule has 172 valence electrons. The number of hydrogen-bond acceptors (Lipinski definition) is 8. The van der Waals surface area contributed by atoms with Crippen LogP contribution in [0.15, 0.2) is 46.4 Å². The monoisotopic (exact) mass is 513 g/mol. The van der Waals surface area contributed by atoms with Crippen LogP contribution in [-0.4, -0.2) is 56.2 Å². The largest absolute Gasteiger partial charge is 0.366 e. The van der Waals surface area contributed by atoms with Gasteiger partial charge in [0.25, 0.3) is 0 Å². The molecule has 0 bridgehead atoms. The highest BCUT2D eigenvalue weighted by atomic mass is 79.9. The lowest BCUT2D eigenvalue weighted by molar-refractivity contribution is -0.146. The van der Waals surface area contributed by atoms with E-state index >= 15 is 0 Å². The number of fused-ring (bicyclic) bond motifs is 1. The van der Waals surface area contributed by atoms with Gasteiger partial charge >= 0.3 is 5.97 Å². The first-order valence-corrected chi connectivity index (χ1v) is 11.4. The Kier molecular flexibility index (Phi) is 7.28. The number of hydrogen-bond donors (Lipinski definition) is 1. The Balaban J connectivity index is 1.51. The van der Waals surface area contributed by atoms with Crippen molar-refractivity contribution in [3.63, 3.8) is 0 Å². The quantitative estimate of drug-likeness (QED) is 0.279. The van der Waals surface area contributed by atoms with Crippen molar-refractivity contribution in [2.75, 3.05) is 18.4 Å². The van der Waals surface area contributed by atoms with E-state index in [2.05, 4.69) is 48.0 Å². The van der Waals surface area contributed by atoms with E-state index in [0.29, 0.717) is 25.3 Å². The average molecular weight is 514 g/mol. The summed E-state index contributed by atoms with van der Waals surface area (Å²) in [5, 5.41) is 10.9. The molecular formula is C22H24BrN7O3. The van der Waals surface area contributed by atoms with Crippen molar-refractivity contribution in [2.45, 2.75) is 38.1 Å². The second kappa shape index (κ2) is 10.5. The fourth-order valence-corrected chi connectivity index (χ4v) is 4.26. The van der Waals surface area contributed by atoms with Crippen LogP contribution in [-0.2, 0) is 21.0 Å². The van der Waals surface area contributed by atoms with Crippen LogP contribution in [0.1, 0.15) is 42.9 Å². The number of rotatable bonds is 8. The molecule has 3 aromatic heterocycles. The first-order valence-electron chi connectivity index (χ1n) is 10.7. The molecule has 4 heterocycles. The van der Waals surface area contributed by atoms with Crippen molar-refractivity contribution in [1.82, 2.24) is 24.5 Å². The normalized spacial score (nSPS) is 15.9.